The highest BCUT2D eigenvalue weighted by Gasteiger charge is 2.34. The minimum Gasteiger partial charge on any atom is -0.388 e. The average molecular weight is 566 g/mol. The third-order valence-corrected chi connectivity index (χ3v) is 6.49. The zero-order chi connectivity index (χ0) is 30.5. The molecule has 0 aliphatic carbocycles. The Hall–Kier alpha value is -4.27. The Morgan fingerprint density at radius 2 is 1.46 bits per heavy atom. The Morgan fingerprint density at radius 3 is 2.00 bits per heavy atom. The third-order valence-electron chi connectivity index (χ3n) is 6.49. The lowest BCUT2D eigenvalue weighted by Gasteiger charge is -2.32. The molecule has 11 nitrogen and oxygen atoms in total. The van der Waals surface area contributed by atoms with E-state index in [9.17, 15) is 29.4 Å². The maximum absolute atomic E-state index is 13.5. The van der Waals surface area contributed by atoms with Gasteiger partial charge in [-0.25, -0.2) is 0 Å². The summed E-state index contributed by atoms with van der Waals surface area (Å²) in [4.78, 5) is 52.1. The van der Waals surface area contributed by atoms with Crippen LogP contribution in [0.15, 0.2) is 48.5 Å². The Bertz CT molecular complexity index is 1240. The van der Waals surface area contributed by atoms with Crippen LogP contribution in [-0.2, 0) is 11.2 Å². The summed E-state index contributed by atoms with van der Waals surface area (Å²) in [6.07, 6.45) is -1.94. The molecule has 0 spiro atoms. The van der Waals surface area contributed by atoms with E-state index in [4.69, 9.17) is 11.0 Å². The van der Waals surface area contributed by atoms with Crippen LogP contribution < -0.4 is 16.4 Å². The molecule has 220 valence electrons. The first-order valence-corrected chi connectivity index (χ1v) is 13.6. The quantitative estimate of drug-likeness (QED) is 0.217. The molecule has 2 aromatic carbocycles. The molecule has 2 rings (SSSR count). The van der Waals surface area contributed by atoms with E-state index in [2.05, 4.69) is 10.6 Å². The smallest absolute Gasteiger partial charge is 0.253 e. The number of aliphatic hydroxyl groups is 2. The fourth-order valence-corrected chi connectivity index (χ4v) is 4.53. The lowest BCUT2D eigenvalue weighted by Crippen LogP contribution is -2.56. The van der Waals surface area contributed by atoms with Crippen LogP contribution in [0.3, 0.4) is 0 Å². The lowest BCUT2D eigenvalue weighted by molar-refractivity contribution is -0.121. The highest BCUT2D eigenvalue weighted by Crippen LogP contribution is 2.17. The van der Waals surface area contributed by atoms with Gasteiger partial charge in [0.2, 0.25) is 11.8 Å². The zero-order valence-electron chi connectivity index (χ0n) is 23.7. The van der Waals surface area contributed by atoms with Gasteiger partial charge in [0.1, 0.15) is 12.2 Å². The number of amides is 4. The van der Waals surface area contributed by atoms with Crippen LogP contribution >= 0.6 is 0 Å². The van der Waals surface area contributed by atoms with Crippen molar-refractivity contribution < 1.29 is 29.4 Å². The molecular formula is C30H39N5O6. The van der Waals surface area contributed by atoms with Gasteiger partial charge in [-0.05, 0) is 43.0 Å². The highest BCUT2D eigenvalue weighted by molar-refractivity contribution is 6.04. The van der Waals surface area contributed by atoms with Gasteiger partial charge in [-0.15, -0.1) is 0 Å². The first kappa shape index (κ1) is 32.9. The fraction of sp³-hybridized carbons (Fsp3) is 0.433. The SMILES string of the molecule is CCCN(CCC)C(=O)c1cc(C(N)=O)cc(C(=O)N[C@H](Cc2ccccc2)[C@@H](O)[C@H](O)[C@H](CC#N)NC(C)=O)c1. The van der Waals surface area contributed by atoms with Crippen LogP contribution in [-0.4, -0.2) is 76.1 Å². The van der Waals surface area contributed by atoms with Gasteiger partial charge >= 0.3 is 0 Å². The molecule has 0 unspecified atom stereocenters. The van der Waals surface area contributed by atoms with E-state index < -0.39 is 42.0 Å². The van der Waals surface area contributed by atoms with Crippen LogP contribution in [0.25, 0.3) is 0 Å². The van der Waals surface area contributed by atoms with Crippen molar-refractivity contribution in [1.82, 2.24) is 15.5 Å². The lowest BCUT2D eigenvalue weighted by atomic mass is 9.92. The minimum absolute atomic E-state index is 0.0334. The summed E-state index contributed by atoms with van der Waals surface area (Å²) in [7, 11) is 0. The number of nitrogens with two attached hydrogens (primary N) is 1. The number of nitriles is 1. The first-order chi connectivity index (χ1) is 19.5. The van der Waals surface area contributed by atoms with Crippen molar-refractivity contribution in [1.29, 1.82) is 5.26 Å². The van der Waals surface area contributed by atoms with Gasteiger partial charge in [0.25, 0.3) is 11.8 Å². The van der Waals surface area contributed by atoms with Crippen LogP contribution in [0.1, 0.15) is 76.7 Å². The summed E-state index contributed by atoms with van der Waals surface area (Å²) < 4.78 is 0. The number of hydrogen-bond acceptors (Lipinski definition) is 7. The number of nitrogens with zero attached hydrogens (tertiary/aromatic N) is 2. The second-order valence-corrected chi connectivity index (χ2v) is 9.88. The molecule has 4 amide bonds. The van der Waals surface area contributed by atoms with E-state index in [1.165, 1.54) is 25.1 Å². The summed E-state index contributed by atoms with van der Waals surface area (Å²) in [5, 5.41) is 36.4. The third kappa shape index (κ3) is 9.70. The molecule has 0 radical (unpaired) electrons. The summed E-state index contributed by atoms with van der Waals surface area (Å²) in [5.41, 5.74) is 6.29. The van der Waals surface area contributed by atoms with E-state index in [1.807, 2.05) is 19.9 Å². The molecule has 0 aliphatic heterocycles. The molecule has 0 heterocycles. The number of primary amides is 1. The number of carbonyl (C=O) groups excluding carboxylic acids is 4. The maximum Gasteiger partial charge on any atom is 0.253 e. The van der Waals surface area contributed by atoms with Crippen molar-refractivity contribution in [3.05, 3.63) is 70.8 Å². The molecule has 2 aromatic rings. The predicted molar refractivity (Wildman–Crippen MR) is 153 cm³/mol. The van der Waals surface area contributed by atoms with Crippen molar-refractivity contribution in [2.75, 3.05) is 13.1 Å². The summed E-state index contributed by atoms with van der Waals surface area (Å²) in [5.74, 6) is -2.39. The number of rotatable bonds is 15. The summed E-state index contributed by atoms with van der Waals surface area (Å²) in [6.45, 7) is 6.09. The molecule has 0 saturated carbocycles. The van der Waals surface area contributed by atoms with Crippen molar-refractivity contribution in [3.8, 4) is 6.07 Å². The van der Waals surface area contributed by atoms with Crippen LogP contribution in [0.4, 0.5) is 0 Å². The predicted octanol–water partition coefficient (Wildman–Crippen LogP) is 1.53. The van der Waals surface area contributed by atoms with Gasteiger partial charge in [-0.1, -0.05) is 44.2 Å². The Balaban J connectivity index is 2.46. The number of benzene rings is 2. The number of carbonyl (C=O) groups is 4. The summed E-state index contributed by atoms with van der Waals surface area (Å²) in [6, 6.07) is 12.6. The molecular weight excluding hydrogens is 526 g/mol. The Morgan fingerprint density at radius 1 is 0.902 bits per heavy atom. The first-order valence-electron chi connectivity index (χ1n) is 13.6. The zero-order valence-corrected chi connectivity index (χ0v) is 23.7. The second-order valence-electron chi connectivity index (χ2n) is 9.88. The van der Waals surface area contributed by atoms with E-state index >= 15 is 0 Å². The molecule has 11 heteroatoms. The van der Waals surface area contributed by atoms with Gasteiger partial charge in [-0.2, -0.15) is 5.26 Å². The largest absolute Gasteiger partial charge is 0.388 e. The molecule has 0 aromatic heterocycles. The molecule has 6 N–H and O–H groups in total. The second kappa shape index (κ2) is 16.1. The molecule has 41 heavy (non-hydrogen) atoms. The van der Waals surface area contributed by atoms with Crippen molar-refractivity contribution in [3.63, 3.8) is 0 Å². The fourth-order valence-electron chi connectivity index (χ4n) is 4.53. The Kier molecular flexibility index (Phi) is 12.9. The van der Waals surface area contributed by atoms with Crippen LogP contribution in [0.2, 0.25) is 0 Å². The topological polar surface area (TPSA) is 186 Å². The number of hydrogen-bond donors (Lipinski definition) is 5. The maximum atomic E-state index is 13.5. The minimum atomic E-state index is -1.60. The van der Waals surface area contributed by atoms with Gasteiger partial charge in [-0.3, -0.25) is 19.2 Å². The van der Waals surface area contributed by atoms with Gasteiger partial charge < -0.3 is 31.5 Å². The van der Waals surface area contributed by atoms with Gasteiger partial charge in [0.15, 0.2) is 0 Å². The van der Waals surface area contributed by atoms with Crippen molar-refractivity contribution in [2.45, 2.75) is 70.7 Å². The Labute approximate surface area is 240 Å². The van der Waals surface area contributed by atoms with Crippen LogP contribution in [0.5, 0.6) is 0 Å². The van der Waals surface area contributed by atoms with E-state index in [-0.39, 0.29) is 35.4 Å². The molecule has 0 aliphatic rings. The van der Waals surface area contributed by atoms with Crippen LogP contribution in [0, 0.1) is 11.3 Å². The highest BCUT2D eigenvalue weighted by atomic mass is 16.3. The van der Waals surface area contributed by atoms with E-state index in [1.54, 1.807) is 35.2 Å². The standard InChI is InChI=1S/C30H39N5O6/c1-4-13-35(14-5-2)30(41)23-17-21(28(32)39)16-22(18-23)29(40)34-25(15-20-9-7-6-8-10-20)27(38)26(37)24(11-12-31)33-19(3)36/h6-10,16-18,24-27,37-38H,4-5,11,13-15H2,1-3H3,(H2,32,39)(H,33,36)(H,34,40)/t24-,25+,26+,27+/m0/s1. The van der Waals surface area contributed by atoms with E-state index in [0.717, 1.165) is 18.4 Å². The monoisotopic (exact) mass is 565 g/mol. The molecule has 0 saturated heterocycles. The average Bonchev–Trinajstić information content (AvgIpc) is 2.95. The normalized spacial score (nSPS) is 13.7. The van der Waals surface area contributed by atoms with Gasteiger partial charge in [0, 0.05) is 36.7 Å². The van der Waals surface area contributed by atoms with Crippen molar-refractivity contribution in [2.24, 2.45) is 5.73 Å². The molecule has 0 bridgehead atoms. The summed E-state index contributed by atoms with van der Waals surface area (Å²) >= 11 is 0. The van der Waals surface area contributed by atoms with E-state index in [0.29, 0.717) is 13.1 Å². The number of nitrogens with one attached hydrogen (secondary N) is 2. The molecule has 4 atom stereocenters. The van der Waals surface area contributed by atoms with Crippen molar-refractivity contribution >= 4 is 23.6 Å². The van der Waals surface area contributed by atoms with Gasteiger partial charge in [0.05, 0.1) is 24.6 Å². The molecule has 0 fully saturated rings. The number of aliphatic hydroxyl groups excluding tert-OH is 2.